The van der Waals surface area contributed by atoms with Gasteiger partial charge in [-0.25, -0.2) is 4.79 Å². The molecule has 0 atom stereocenters. The van der Waals surface area contributed by atoms with Gasteiger partial charge in [0.25, 0.3) is 5.91 Å². The summed E-state index contributed by atoms with van der Waals surface area (Å²) in [5, 5.41) is 2.74. The monoisotopic (exact) mass is 389 g/mol. The molecule has 0 heterocycles. The van der Waals surface area contributed by atoms with Crippen LogP contribution in [0.4, 0.5) is 0 Å². The van der Waals surface area contributed by atoms with Gasteiger partial charge in [-0.2, -0.15) is 0 Å². The molecule has 0 aliphatic carbocycles. The lowest BCUT2D eigenvalue weighted by Gasteiger charge is -2.11. The van der Waals surface area contributed by atoms with Crippen LogP contribution in [-0.2, 0) is 22.5 Å². The molecule has 0 spiro atoms. The van der Waals surface area contributed by atoms with Crippen molar-refractivity contribution in [3.8, 4) is 5.75 Å². The summed E-state index contributed by atoms with van der Waals surface area (Å²) in [5.41, 5.74) is 3.28. The predicted molar refractivity (Wildman–Crippen MR) is 111 cm³/mol. The first-order chi connectivity index (χ1) is 14.2. The second-order valence-corrected chi connectivity index (χ2v) is 6.48. The Hall–Kier alpha value is -3.60. The lowest BCUT2D eigenvalue weighted by molar-refractivity contribution is -0.124. The van der Waals surface area contributed by atoms with Crippen molar-refractivity contribution in [2.24, 2.45) is 0 Å². The minimum atomic E-state index is -0.510. The second-order valence-electron chi connectivity index (χ2n) is 6.48. The number of benzene rings is 3. The van der Waals surface area contributed by atoms with Crippen LogP contribution in [-0.4, -0.2) is 25.6 Å². The van der Waals surface area contributed by atoms with Crippen LogP contribution in [0.25, 0.3) is 0 Å². The second kappa shape index (κ2) is 10.1. The fourth-order valence-corrected chi connectivity index (χ4v) is 2.99. The van der Waals surface area contributed by atoms with E-state index < -0.39 is 5.97 Å². The summed E-state index contributed by atoms with van der Waals surface area (Å²) in [7, 11) is 1.58. The van der Waals surface area contributed by atoms with Crippen LogP contribution in [0.1, 0.15) is 27.0 Å². The van der Waals surface area contributed by atoms with Gasteiger partial charge in [0, 0.05) is 12.1 Å². The average molecular weight is 389 g/mol. The number of hydrogen-bond acceptors (Lipinski definition) is 4. The smallest absolute Gasteiger partial charge is 0.338 e. The zero-order chi connectivity index (χ0) is 20.5. The minimum Gasteiger partial charge on any atom is -0.496 e. The van der Waals surface area contributed by atoms with E-state index in [0.717, 1.165) is 16.7 Å². The van der Waals surface area contributed by atoms with Crippen molar-refractivity contribution < 1.29 is 19.1 Å². The normalized spacial score (nSPS) is 10.2. The average Bonchev–Trinajstić information content (AvgIpc) is 2.77. The number of esters is 1. The van der Waals surface area contributed by atoms with E-state index in [4.69, 9.17) is 9.47 Å². The van der Waals surface area contributed by atoms with Crippen LogP contribution in [0.2, 0.25) is 0 Å². The molecule has 3 rings (SSSR count). The van der Waals surface area contributed by atoms with Gasteiger partial charge < -0.3 is 14.8 Å². The summed E-state index contributed by atoms with van der Waals surface area (Å²) >= 11 is 0. The van der Waals surface area contributed by atoms with E-state index in [1.165, 1.54) is 0 Å². The Morgan fingerprint density at radius 3 is 2.24 bits per heavy atom. The van der Waals surface area contributed by atoms with E-state index in [-0.39, 0.29) is 12.5 Å². The Bertz CT molecular complexity index is 969. The van der Waals surface area contributed by atoms with Gasteiger partial charge in [-0.1, -0.05) is 66.7 Å². The molecule has 0 radical (unpaired) electrons. The lowest BCUT2D eigenvalue weighted by Crippen LogP contribution is -2.28. The van der Waals surface area contributed by atoms with Gasteiger partial charge in [0.05, 0.1) is 12.7 Å². The maximum Gasteiger partial charge on any atom is 0.338 e. The fraction of sp³-hybridized carbons (Fsp3) is 0.167. The van der Waals surface area contributed by atoms with Crippen molar-refractivity contribution in [3.63, 3.8) is 0 Å². The molecular weight excluding hydrogens is 366 g/mol. The van der Waals surface area contributed by atoms with Crippen LogP contribution in [0.5, 0.6) is 5.75 Å². The van der Waals surface area contributed by atoms with Crippen molar-refractivity contribution in [2.75, 3.05) is 13.7 Å². The molecule has 3 aromatic rings. The molecule has 0 fully saturated rings. The highest BCUT2D eigenvalue weighted by Crippen LogP contribution is 2.17. The molecule has 0 saturated carbocycles. The third kappa shape index (κ3) is 5.69. The van der Waals surface area contributed by atoms with Crippen LogP contribution in [0.3, 0.4) is 0 Å². The number of nitrogens with one attached hydrogen (secondary N) is 1. The Labute approximate surface area is 170 Å². The van der Waals surface area contributed by atoms with Gasteiger partial charge >= 0.3 is 5.97 Å². The number of carbonyl (C=O) groups excluding carboxylic acids is 2. The molecule has 5 heteroatoms. The number of carbonyl (C=O) groups is 2. The number of ether oxygens (including phenoxy) is 2. The van der Waals surface area contributed by atoms with Gasteiger partial charge in [0.2, 0.25) is 0 Å². The highest BCUT2D eigenvalue weighted by Gasteiger charge is 2.14. The van der Waals surface area contributed by atoms with Gasteiger partial charge in [-0.15, -0.1) is 0 Å². The molecule has 1 N–H and O–H groups in total. The molecular formula is C24H23NO4. The van der Waals surface area contributed by atoms with Crippen molar-refractivity contribution in [1.29, 1.82) is 0 Å². The summed E-state index contributed by atoms with van der Waals surface area (Å²) in [6.45, 7) is -0.0430. The molecule has 1 amide bonds. The topological polar surface area (TPSA) is 64.6 Å². The third-order valence-electron chi connectivity index (χ3n) is 4.48. The zero-order valence-electron chi connectivity index (χ0n) is 16.3. The number of methoxy groups -OCH3 is 1. The number of amides is 1. The summed E-state index contributed by atoms with van der Waals surface area (Å²) in [6, 6.07) is 24.6. The largest absolute Gasteiger partial charge is 0.496 e. The summed E-state index contributed by atoms with van der Waals surface area (Å²) in [5.74, 6) is -0.187. The molecule has 0 aromatic heterocycles. The van der Waals surface area contributed by atoms with E-state index in [0.29, 0.717) is 24.3 Å². The maximum atomic E-state index is 12.5. The molecule has 0 unspecified atom stereocenters. The van der Waals surface area contributed by atoms with Crippen LogP contribution < -0.4 is 10.1 Å². The SMILES string of the molecule is COc1ccccc1CNC(=O)COC(=O)c1ccccc1Cc1ccccc1. The van der Waals surface area contributed by atoms with Crippen LogP contribution in [0.15, 0.2) is 78.9 Å². The van der Waals surface area contributed by atoms with E-state index >= 15 is 0 Å². The summed E-state index contributed by atoms with van der Waals surface area (Å²) in [4.78, 5) is 24.6. The Kier molecular flexibility index (Phi) is 7.00. The van der Waals surface area contributed by atoms with Crippen molar-refractivity contribution in [1.82, 2.24) is 5.32 Å². The molecule has 3 aromatic carbocycles. The Morgan fingerprint density at radius 2 is 1.48 bits per heavy atom. The summed E-state index contributed by atoms with van der Waals surface area (Å²) < 4.78 is 10.5. The fourth-order valence-electron chi connectivity index (χ4n) is 2.99. The standard InChI is InChI=1S/C24H23NO4/c1-28-22-14-8-6-12-20(22)16-25-23(26)17-29-24(27)21-13-7-5-11-19(21)15-18-9-3-2-4-10-18/h2-14H,15-17H2,1H3,(H,25,26). The van der Waals surface area contributed by atoms with Crippen molar-refractivity contribution >= 4 is 11.9 Å². The van der Waals surface area contributed by atoms with Crippen LogP contribution in [0, 0.1) is 0 Å². The quantitative estimate of drug-likeness (QED) is 0.596. The molecule has 0 saturated heterocycles. The first-order valence-electron chi connectivity index (χ1n) is 9.35. The lowest BCUT2D eigenvalue weighted by atomic mass is 10.00. The first-order valence-corrected chi connectivity index (χ1v) is 9.35. The van der Waals surface area contributed by atoms with Crippen molar-refractivity contribution in [3.05, 3.63) is 101 Å². The molecule has 5 nitrogen and oxygen atoms in total. The highest BCUT2D eigenvalue weighted by molar-refractivity contribution is 5.92. The van der Waals surface area contributed by atoms with Gasteiger partial charge in [-0.05, 0) is 29.7 Å². The van der Waals surface area contributed by atoms with Crippen LogP contribution >= 0.6 is 0 Å². The van der Waals surface area contributed by atoms with E-state index in [2.05, 4.69) is 5.32 Å². The minimum absolute atomic E-state index is 0.297. The van der Waals surface area contributed by atoms with Gasteiger partial charge in [0.1, 0.15) is 5.75 Å². The molecule has 0 aliphatic rings. The van der Waals surface area contributed by atoms with Gasteiger partial charge in [-0.3, -0.25) is 4.79 Å². The van der Waals surface area contributed by atoms with Crippen molar-refractivity contribution in [2.45, 2.75) is 13.0 Å². The predicted octanol–water partition coefficient (Wildman–Crippen LogP) is 3.76. The Morgan fingerprint density at radius 1 is 0.828 bits per heavy atom. The highest BCUT2D eigenvalue weighted by atomic mass is 16.5. The molecule has 29 heavy (non-hydrogen) atoms. The number of rotatable bonds is 8. The number of hydrogen-bond donors (Lipinski definition) is 1. The molecule has 0 aliphatic heterocycles. The van der Waals surface area contributed by atoms with E-state index in [1.807, 2.05) is 66.7 Å². The molecule has 0 bridgehead atoms. The van der Waals surface area contributed by atoms with E-state index in [1.54, 1.807) is 19.2 Å². The number of para-hydroxylation sites is 1. The van der Waals surface area contributed by atoms with Gasteiger partial charge in [0.15, 0.2) is 6.61 Å². The molecule has 148 valence electrons. The Balaban J connectivity index is 1.56. The summed E-state index contributed by atoms with van der Waals surface area (Å²) in [6.07, 6.45) is 0.617. The maximum absolute atomic E-state index is 12.5. The zero-order valence-corrected chi connectivity index (χ0v) is 16.3. The van der Waals surface area contributed by atoms with E-state index in [9.17, 15) is 9.59 Å². The first kappa shape index (κ1) is 20.1. The third-order valence-corrected chi connectivity index (χ3v) is 4.48.